The summed E-state index contributed by atoms with van der Waals surface area (Å²) >= 11 is 0. The number of hydrogen-bond donors (Lipinski definition) is 3. The van der Waals surface area contributed by atoms with Crippen LogP contribution < -0.4 is 10.6 Å². The minimum absolute atomic E-state index is 0.0109. The van der Waals surface area contributed by atoms with Gasteiger partial charge in [-0.1, -0.05) is 42.5 Å². The third-order valence-electron chi connectivity index (χ3n) is 4.68. The summed E-state index contributed by atoms with van der Waals surface area (Å²) < 4.78 is 5.78. The molecular formula is C20H26N2O4. The van der Waals surface area contributed by atoms with Crippen LogP contribution in [0.2, 0.25) is 0 Å². The first-order valence-corrected chi connectivity index (χ1v) is 9.18. The summed E-state index contributed by atoms with van der Waals surface area (Å²) in [5, 5.41) is 15.3. The number of nitrogens with one attached hydrogen (secondary N) is 2. The Morgan fingerprint density at radius 3 is 2.54 bits per heavy atom. The molecular weight excluding hydrogens is 332 g/mol. The second-order valence-electron chi connectivity index (χ2n) is 6.99. The fraction of sp³-hybridized carbons (Fsp3) is 0.500. The quantitative estimate of drug-likeness (QED) is 0.611. The van der Waals surface area contributed by atoms with Crippen molar-refractivity contribution >= 4 is 11.8 Å². The van der Waals surface area contributed by atoms with Gasteiger partial charge in [-0.2, -0.15) is 0 Å². The van der Waals surface area contributed by atoms with Crippen LogP contribution in [-0.2, 0) is 20.9 Å². The van der Waals surface area contributed by atoms with Crippen LogP contribution in [0.3, 0.4) is 0 Å². The van der Waals surface area contributed by atoms with E-state index in [1.807, 2.05) is 36.4 Å². The molecule has 3 atom stereocenters. The van der Waals surface area contributed by atoms with Crippen LogP contribution in [0.5, 0.6) is 0 Å². The molecule has 0 spiro atoms. The van der Waals surface area contributed by atoms with Crippen molar-refractivity contribution in [3.8, 4) is 0 Å². The lowest BCUT2D eigenvalue weighted by molar-refractivity contribution is -0.128. The number of ether oxygens (including phenoxy) is 1. The van der Waals surface area contributed by atoms with Crippen molar-refractivity contribution in [2.24, 2.45) is 5.92 Å². The number of hydrogen-bond acceptors (Lipinski definition) is 4. The van der Waals surface area contributed by atoms with Crippen molar-refractivity contribution in [3.05, 3.63) is 48.0 Å². The van der Waals surface area contributed by atoms with Crippen LogP contribution >= 0.6 is 0 Å². The zero-order valence-corrected chi connectivity index (χ0v) is 14.8. The SMILES string of the molecule is O=C(C[C@H]1C=C[C@H](NC(=O)CC2CC2)[C@H](CO)O1)NCc1ccccc1. The van der Waals surface area contributed by atoms with Gasteiger partial charge in [0.05, 0.1) is 25.2 Å². The third-order valence-corrected chi connectivity index (χ3v) is 4.68. The smallest absolute Gasteiger partial charge is 0.223 e. The highest BCUT2D eigenvalue weighted by Crippen LogP contribution is 2.32. The lowest BCUT2D eigenvalue weighted by Gasteiger charge is -2.31. The molecule has 0 aromatic heterocycles. The van der Waals surface area contributed by atoms with E-state index in [0.717, 1.165) is 18.4 Å². The van der Waals surface area contributed by atoms with Crippen LogP contribution in [0, 0.1) is 5.92 Å². The summed E-state index contributed by atoms with van der Waals surface area (Å²) in [5.41, 5.74) is 1.03. The first kappa shape index (κ1) is 18.6. The summed E-state index contributed by atoms with van der Waals surface area (Å²) in [4.78, 5) is 24.1. The largest absolute Gasteiger partial charge is 0.394 e. The van der Waals surface area contributed by atoms with Crippen LogP contribution in [0.1, 0.15) is 31.2 Å². The molecule has 0 radical (unpaired) electrons. The van der Waals surface area contributed by atoms with E-state index in [-0.39, 0.29) is 30.9 Å². The summed E-state index contributed by atoms with van der Waals surface area (Å²) in [5.74, 6) is 0.386. The van der Waals surface area contributed by atoms with Gasteiger partial charge in [-0.15, -0.1) is 0 Å². The Morgan fingerprint density at radius 2 is 1.85 bits per heavy atom. The van der Waals surface area contributed by atoms with Gasteiger partial charge in [-0.3, -0.25) is 9.59 Å². The Kier molecular flexibility index (Phi) is 6.41. The van der Waals surface area contributed by atoms with Crippen LogP contribution in [0.25, 0.3) is 0 Å². The average Bonchev–Trinajstić information content (AvgIpc) is 3.46. The molecule has 0 unspecified atom stereocenters. The molecule has 1 aliphatic carbocycles. The third kappa shape index (κ3) is 5.68. The minimum atomic E-state index is -0.532. The maximum absolute atomic E-state index is 12.1. The van der Waals surface area contributed by atoms with E-state index in [9.17, 15) is 14.7 Å². The summed E-state index contributed by atoms with van der Waals surface area (Å²) in [6, 6.07) is 9.34. The van der Waals surface area contributed by atoms with Gasteiger partial charge in [0.2, 0.25) is 11.8 Å². The molecule has 2 aliphatic rings. The van der Waals surface area contributed by atoms with Gasteiger partial charge in [-0.25, -0.2) is 0 Å². The van der Waals surface area contributed by atoms with E-state index in [2.05, 4.69) is 10.6 Å². The normalized spacial score (nSPS) is 24.9. The van der Waals surface area contributed by atoms with Gasteiger partial charge in [0.1, 0.15) is 6.10 Å². The van der Waals surface area contributed by atoms with E-state index in [0.29, 0.717) is 18.9 Å². The van der Waals surface area contributed by atoms with Gasteiger partial charge in [0, 0.05) is 13.0 Å². The van der Waals surface area contributed by atoms with E-state index < -0.39 is 12.2 Å². The highest BCUT2D eigenvalue weighted by Gasteiger charge is 2.31. The highest BCUT2D eigenvalue weighted by molar-refractivity contribution is 5.77. The van der Waals surface area contributed by atoms with Crippen LogP contribution in [0.15, 0.2) is 42.5 Å². The molecule has 0 saturated heterocycles. The zero-order chi connectivity index (χ0) is 18.4. The molecule has 0 bridgehead atoms. The summed E-state index contributed by atoms with van der Waals surface area (Å²) in [6.45, 7) is 0.264. The minimum Gasteiger partial charge on any atom is -0.394 e. The summed E-state index contributed by atoms with van der Waals surface area (Å²) in [7, 11) is 0. The lowest BCUT2D eigenvalue weighted by atomic mass is 10.0. The van der Waals surface area contributed by atoms with Gasteiger partial charge in [-0.05, 0) is 24.3 Å². The average molecular weight is 358 g/mol. The van der Waals surface area contributed by atoms with Crippen molar-refractivity contribution in [1.82, 2.24) is 10.6 Å². The predicted molar refractivity (Wildman–Crippen MR) is 97.1 cm³/mol. The Hall–Kier alpha value is -2.18. The first-order valence-electron chi connectivity index (χ1n) is 9.18. The fourth-order valence-electron chi connectivity index (χ4n) is 3.02. The standard InChI is InChI=1S/C20H26N2O4/c23-13-18-17(22-20(25)10-14-6-7-14)9-8-16(26-18)11-19(24)21-12-15-4-2-1-3-5-15/h1-5,8-9,14,16-18,23H,6-7,10-13H2,(H,21,24)(H,22,25)/t16-,17+,18+/m1/s1. The number of benzene rings is 1. The van der Waals surface area contributed by atoms with Gasteiger partial charge in [0.15, 0.2) is 0 Å². The van der Waals surface area contributed by atoms with Crippen molar-refractivity contribution < 1.29 is 19.4 Å². The molecule has 1 saturated carbocycles. The highest BCUT2D eigenvalue weighted by atomic mass is 16.5. The van der Waals surface area contributed by atoms with Crippen molar-refractivity contribution in [3.63, 3.8) is 0 Å². The van der Waals surface area contributed by atoms with Crippen molar-refractivity contribution in [2.75, 3.05) is 6.61 Å². The van der Waals surface area contributed by atoms with Crippen LogP contribution in [-0.4, -0.2) is 41.8 Å². The number of amides is 2. The molecule has 1 fully saturated rings. The van der Waals surface area contributed by atoms with Crippen molar-refractivity contribution in [2.45, 2.75) is 50.5 Å². The topological polar surface area (TPSA) is 87.7 Å². The predicted octanol–water partition coefficient (Wildman–Crippen LogP) is 1.29. The Labute approximate surface area is 153 Å². The van der Waals surface area contributed by atoms with Gasteiger partial charge < -0.3 is 20.5 Å². The van der Waals surface area contributed by atoms with E-state index >= 15 is 0 Å². The molecule has 3 rings (SSSR count). The van der Waals surface area contributed by atoms with E-state index in [1.165, 1.54) is 0 Å². The Bertz CT molecular complexity index is 642. The van der Waals surface area contributed by atoms with E-state index in [4.69, 9.17) is 4.74 Å². The zero-order valence-electron chi connectivity index (χ0n) is 14.8. The number of rotatable bonds is 8. The molecule has 140 valence electrons. The lowest BCUT2D eigenvalue weighted by Crippen LogP contribution is -2.49. The number of carbonyl (C=O) groups excluding carboxylic acids is 2. The molecule has 2 amide bonds. The monoisotopic (exact) mass is 358 g/mol. The molecule has 26 heavy (non-hydrogen) atoms. The van der Waals surface area contributed by atoms with Crippen molar-refractivity contribution in [1.29, 1.82) is 0 Å². The number of aliphatic hydroxyl groups excluding tert-OH is 1. The molecule has 1 aliphatic heterocycles. The molecule has 3 N–H and O–H groups in total. The molecule has 1 heterocycles. The molecule has 1 aromatic rings. The Balaban J connectivity index is 1.45. The molecule has 1 aromatic carbocycles. The van der Waals surface area contributed by atoms with Gasteiger partial charge in [0.25, 0.3) is 0 Å². The molecule has 6 heteroatoms. The maximum atomic E-state index is 12.1. The first-order chi connectivity index (χ1) is 12.6. The van der Waals surface area contributed by atoms with Gasteiger partial charge >= 0.3 is 0 Å². The second-order valence-corrected chi connectivity index (χ2v) is 6.99. The fourth-order valence-corrected chi connectivity index (χ4v) is 3.02. The Morgan fingerprint density at radius 1 is 1.08 bits per heavy atom. The maximum Gasteiger partial charge on any atom is 0.223 e. The summed E-state index contributed by atoms with van der Waals surface area (Å²) in [6.07, 6.45) is 5.63. The van der Waals surface area contributed by atoms with Crippen LogP contribution in [0.4, 0.5) is 0 Å². The number of carbonyl (C=O) groups is 2. The second kappa shape index (κ2) is 8.96. The number of aliphatic hydroxyl groups is 1. The molecule has 6 nitrogen and oxygen atoms in total. The van der Waals surface area contributed by atoms with E-state index in [1.54, 1.807) is 6.08 Å².